The van der Waals surface area contributed by atoms with Gasteiger partial charge < -0.3 is 15.4 Å². The molecule has 1 fully saturated rings. The number of hydrogen-bond acceptors (Lipinski definition) is 9. The molecular weight excluding hydrogens is 557 g/mol. The van der Waals surface area contributed by atoms with E-state index in [1.54, 1.807) is 18.1 Å². The number of carbonyl (C=O) groups excluding carboxylic acids is 2. The van der Waals surface area contributed by atoms with Gasteiger partial charge in [-0.2, -0.15) is 0 Å². The lowest BCUT2D eigenvalue weighted by molar-refractivity contribution is -0.158. The van der Waals surface area contributed by atoms with Gasteiger partial charge in [-0.1, -0.05) is 38.2 Å². The largest absolute Gasteiger partial charge is 0.466 e. The molecule has 0 spiro atoms. The Bertz CT molecular complexity index is 1330. The number of nitrogens with one attached hydrogen (secondary N) is 3. The number of rotatable bonds is 10. The number of ether oxygens (including phenoxy) is 1. The molecule has 0 atom stereocenters. The number of nitrogens with zero attached hydrogens (tertiary/aromatic N) is 3. The number of thiazole rings is 1. The normalized spacial score (nSPS) is 15.0. The summed E-state index contributed by atoms with van der Waals surface area (Å²) in [4.78, 5) is 34.0. The first kappa shape index (κ1) is 32.4. The van der Waals surface area contributed by atoms with E-state index in [4.69, 9.17) is 9.72 Å². The van der Waals surface area contributed by atoms with Gasteiger partial charge in [-0.05, 0) is 69.3 Å². The molecule has 0 bridgehead atoms. The summed E-state index contributed by atoms with van der Waals surface area (Å²) in [7, 11) is 1.90. The van der Waals surface area contributed by atoms with Crippen molar-refractivity contribution in [3.8, 4) is 11.3 Å². The molecule has 3 N–H and O–H groups in total. The van der Waals surface area contributed by atoms with E-state index in [0.717, 1.165) is 65.1 Å². The highest BCUT2D eigenvalue weighted by molar-refractivity contribution is 8.00. The number of anilines is 1. The zero-order valence-corrected chi connectivity index (χ0v) is 26.5. The summed E-state index contributed by atoms with van der Waals surface area (Å²) in [6.45, 7) is 12.4. The number of fused-ring (bicyclic) bond motifs is 1. The van der Waals surface area contributed by atoms with Gasteiger partial charge in [-0.3, -0.25) is 15.1 Å². The molecule has 3 aromatic rings. The van der Waals surface area contributed by atoms with Crippen LogP contribution in [0.5, 0.6) is 0 Å². The van der Waals surface area contributed by atoms with E-state index in [-0.39, 0.29) is 20.3 Å². The molecule has 11 heteroatoms. The second-order valence-corrected chi connectivity index (χ2v) is 11.2. The van der Waals surface area contributed by atoms with E-state index in [1.165, 1.54) is 11.3 Å². The van der Waals surface area contributed by atoms with Gasteiger partial charge in [0, 0.05) is 58.0 Å². The summed E-state index contributed by atoms with van der Waals surface area (Å²) >= 11 is 3.08. The molecule has 2 aromatic heterocycles. The van der Waals surface area contributed by atoms with Crippen LogP contribution in [0.15, 0.2) is 41.9 Å². The molecule has 1 saturated heterocycles. The van der Waals surface area contributed by atoms with E-state index in [2.05, 4.69) is 43.6 Å². The lowest BCUT2D eigenvalue weighted by Gasteiger charge is -2.38. The Morgan fingerprint density at radius 3 is 2.56 bits per heavy atom. The minimum absolute atomic E-state index is 0. The average molecular weight is 603 g/mol. The second-order valence-electron chi connectivity index (χ2n) is 9.26. The van der Waals surface area contributed by atoms with E-state index in [9.17, 15) is 9.59 Å². The molecule has 3 heterocycles. The molecule has 0 unspecified atom stereocenters. The Hall–Kier alpha value is -3.15. The molecule has 0 saturated carbocycles. The van der Waals surface area contributed by atoms with Gasteiger partial charge >= 0.3 is 12.0 Å². The first-order chi connectivity index (χ1) is 19.9. The maximum atomic E-state index is 12.6. The topological polar surface area (TPSA) is 108 Å². The number of carbonyl (C=O) groups is 2. The fourth-order valence-electron chi connectivity index (χ4n) is 4.66. The predicted octanol–water partition coefficient (Wildman–Crippen LogP) is 7.24. The summed E-state index contributed by atoms with van der Waals surface area (Å²) in [6, 6.07) is 9.69. The summed E-state index contributed by atoms with van der Waals surface area (Å²) < 4.78 is 8.63. The van der Waals surface area contributed by atoms with Crippen molar-refractivity contribution in [2.24, 2.45) is 5.41 Å². The molecule has 1 aromatic carbocycles. The third-order valence-corrected chi connectivity index (χ3v) is 8.98. The number of pyridine rings is 1. The molecule has 2 amide bonds. The van der Waals surface area contributed by atoms with Crippen LogP contribution < -0.4 is 16.0 Å². The SMILES string of the molecule is CC.CCNC(=O)Nc1nc2cc(/C(=C/SN3CCC(CC)(C(=O)OCC)CC3)NC)cc(-c3ccccn3)c2s1.[HH].[HH]. The number of amides is 2. The Kier molecular flexibility index (Phi) is 12.4. The molecule has 226 valence electrons. The van der Waals surface area contributed by atoms with Crippen LogP contribution in [0.25, 0.3) is 27.2 Å². The summed E-state index contributed by atoms with van der Waals surface area (Å²) in [6.07, 6.45) is 4.14. The molecule has 4 rings (SSSR count). The van der Waals surface area contributed by atoms with Crippen molar-refractivity contribution < 1.29 is 17.2 Å². The molecule has 1 aliphatic rings. The van der Waals surface area contributed by atoms with Crippen molar-refractivity contribution in [1.82, 2.24) is 24.9 Å². The van der Waals surface area contributed by atoms with Gasteiger partial charge in [0.2, 0.25) is 0 Å². The summed E-state index contributed by atoms with van der Waals surface area (Å²) in [5.74, 6) is -0.0664. The minimum atomic E-state index is -0.379. The predicted molar refractivity (Wildman–Crippen MR) is 176 cm³/mol. The molecule has 9 nitrogen and oxygen atoms in total. The lowest BCUT2D eigenvalue weighted by Crippen LogP contribution is -2.42. The van der Waals surface area contributed by atoms with E-state index < -0.39 is 0 Å². The van der Waals surface area contributed by atoms with Crippen molar-refractivity contribution in [3.63, 3.8) is 0 Å². The smallest absolute Gasteiger partial charge is 0.321 e. The van der Waals surface area contributed by atoms with Gasteiger partial charge in [0.25, 0.3) is 0 Å². The zero-order chi connectivity index (χ0) is 29.8. The minimum Gasteiger partial charge on any atom is -0.466 e. The highest BCUT2D eigenvalue weighted by Crippen LogP contribution is 2.40. The van der Waals surface area contributed by atoms with Crippen LogP contribution in [0.2, 0.25) is 0 Å². The van der Waals surface area contributed by atoms with Crippen LogP contribution in [0.1, 0.15) is 62.3 Å². The standard InChI is InChI=1S/C28H36N6O3S2.C2H6.2H2/c1-5-28(25(35)37-7-3)11-14-34(15-12-28)38-18-23(29-4)19-16-20(21-10-8-9-13-31-21)24-22(17-19)32-27(39-24)33-26(36)30-6-2;1-2;;/h8-10,13,16-18,29H,5-7,11-12,14-15H2,1-4H3,(H2,30,32,33,36);1-2H3;2*1H/b23-18-;;;. The van der Waals surface area contributed by atoms with Crippen molar-refractivity contribution >= 4 is 56.3 Å². The number of aromatic nitrogens is 2. The van der Waals surface area contributed by atoms with Crippen LogP contribution in [0.3, 0.4) is 0 Å². The average Bonchev–Trinajstić information content (AvgIpc) is 3.41. The van der Waals surface area contributed by atoms with Gasteiger partial charge in [0.1, 0.15) is 0 Å². The number of piperidine rings is 1. The van der Waals surface area contributed by atoms with Gasteiger partial charge in [0.05, 0.1) is 27.9 Å². The van der Waals surface area contributed by atoms with Crippen molar-refractivity contribution in [1.29, 1.82) is 0 Å². The Balaban J connectivity index is 0.00000226. The Morgan fingerprint density at radius 2 is 1.95 bits per heavy atom. The van der Waals surface area contributed by atoms with Crippen LogP contribution >= 0.6 is 23.3 Å². The number of hydrogen-bond donors (Lipinski definition) is 3. The molecule has 0 aliphatic carbocycles. The summed E-state index contributed by atoms with van der Waals surface area (Å²) in [5.41, 5.74) is 4.12. The Morgan fingerprint density at radius 1 is 1.20 bits per heavy atom. The molecule has 1 aliphatic heterocycles. The highest BCUT2D eigenvalue weighted by Gasteiger charge is 2.41. The van der Waals surface area contributed by atoms with Gasteiger partial charge in [-0.15, -0.1) is 0 Å². The molecule has 41 heavy (non-hydrogen) atoms. The van der Waals surface area contributed by atoms with E-state index in [0.29, 0.717) is 18.3 Å². The van der Waals surface area contributed by atoms with E-state index >= 15 is 0 Å². The lowest BCUT2D eigenvalue weighted by atomic mass is 9.77. The molecule has 0 radical (unpaired) electrons. The van der Waals surface area contributed by atoms with Crippen LogP contribution in [-0.2, 0) is 9.53 Å². The van der Waals surface area contributed by atoms with Crippen molar-refractivity contribution in [2.45, 2.75) is 53.9 Å². The quantitative estimate of drug-likeness (QED) is 0.165. The molecular formula is C30H46N6O3S2. The van der Waals surface area contributed by atoms with Crippen LogP contribution in [0, 0.1) is 5.41 Å². The monoisotopic (exact) mass is 602 g/mol. The van der Waals surface area contributed by atoms with Crippen LogP contribution in [0.4, 0.5) is 9.93 Å². The first-order valence-electron chi connectivity index (χ1n) is 14.3. The van der Waals surface area contributed by atoms with Gasteiger partial charge in [-0.25, -0.2) is 14.1 Å². The highest BCUT2D eigenvalue weighted by atomic mass is 32.2. The number of urea groups is 1. The third-order valence-electron chi connectivity index (χ3n) is 6.95. The number of esters is 1. The Labute approximate surface area is 254 Å². The second kappa shape index (κ2) is 15.7. The summed E-state index contributed by atoms with van der Waals surface area (Å²) in [5, 5.41) is 11.5. The fourth-order valence-corrected chi connectivity index (χ4v) is 6.53. The van der Waals surface area contributed by atoms with Crippen LogP contribution in [-0.4, -0.2) is 59.6 Å². The van der Waals surface area contributed by atoms with Gasteiger partial charge in [0.15, 0.2) is 5.13 Å². The maximum absolute atomic E-state index is 12.6. The first-order valence-corrected chi connectivity index (χ1v) is 16.0. The fraction of sp³-hybridized carbons (Fsp3) is 0.467. The van der Waals surface area contributed by atoms with Crippen molar-refractivity contribution in [2.75, 3.05) is 38.6 Å². The number of benzene rings is 1. The van der Waals surface area contributed by atoms with E-state index in [1.807, 2.05) is 59.0 Å². The third kappa shape index (κ3) is 7.99. The maximum Gasteiger partial charge on any atom is 0.321 e. The van der Waals surface area contributed by atoms with Crippen molar-refractivity contribution in [3.05, 3.63) is 47.5 Å². The zero-order valence-electron chi connectivity index (χ0n) is 24.9.